The molecule has 0 aromatic rings. The minimum Gasteiger partial charge on any atom is -0.264 e. The van der Waals surface area contributed by atoms with Crippen LogP contribution in [0.2, 0.25) is 0 Å². The van der Waals surface area contributed by atoms with Gasteiger partial charge >= 0.3 is 10.4 Å². The van der Waals surface area contributed by atoms with Gasteiger partial charge in [-0.05, 0) is 12.3 Å². The molecule has 0 rings (SSSR count). The maximum absolute atomic E-state index is 10.7. The van der Waals surface area contributed by atoms with Crippen LogP contribution in [0.15, 0.2) is 0 Å². The molecule has 0 spiro atoms. The van der Waals surface area contributed by atoms with Gasteiger partial charge in [0, 0.05) is 0 Å². The molecule has 0 fully saturated rings. The van der Waals surface area contributed by atoms with E-state index in [1.54, 1.807) is 0 Å². The Morgan fingerprint density at radius 2 is 1.35 bits per heavy atom. The van der Waals surface area contributed by atoms with Crippen LogP contribution >= 0.6 is 0 Å². The molecule has 122 valence electrons. The molecular formula is C15H32O4S. The molecule has 0 aromatic carbocycles. The van der Waals surface area contributed by atoms with Crippen molar-refractivity contribution in [3.8, 4) is 0 Å². The third kappa shape index (κ3) is 12.9. The van der Waals surface area contributed by atoms with E-state index >= 15 is 0 Å². The van der Waals surface area contributed by atoms with Crippen molar-refractivity contribution in [3.05, 3.63) is 0 Å². The van der Waals surface area contributed by atoms with Crippen molar-refractivity contribution in [2.24, 2.45) is 5.92 Å². The fourth-order valence-corrected chi connectivity index (χ4v) is 2.94. The van der Waals surface area contributed by atoms with Gasteiger partial charge in [-0.2, -0.15) is 8.42 Å². The van der Waals surface area contributed by atoms with E-state index in [0.29, 0.717) is 6.42 Å². The summed E-state index contributed by atoms with van der Waals surface area (Å²) in [4.78, 5) is 0. The van der Waals surface area contributed by atoms with Crippen LogP contribution < -0.4 is 0 Å². The summed E-state index contributed by atoms with van der Waals surface area (Å²) in [6.45, 7) is 6.03. The standard InChI is InChI=1S/C15H32O4S/c1-4-5-6-7-8-9-10-11-12-13-15(14(2)3)19-20(16,17)18/h14-15H,4-13H2,1-3H3,(H,16,17,18). The summed E-state index contributed by atoms with van der Waals surface area (Å²) in [7, 11) is -4.33. The van der Waals surface area contributed by atoms with Gasteiger partial charge in [-0.1, -0.05) is 78.6 Å². The molecule has 1 atom stereocenters. The fraction of sp³-hybridized carbons (Fsp3) is 1.00. The lowest BCUT2D eigenvalue weighted by atomic mass is 10.00. The van der Waals surface area contributed by atoms with Gasteiger partial charge in [0.2, 0.25) is 0 Å². The maximum atomic E-state index is 10.7. The number of hydrogen-bond acceptors (Lipinski definition) is 3. The van der Waals surface area contributed by atoms with Crippen molar-refractivity contribution >= 4 is 10.4 Å². The lowest BCUT2D eigenvalue weighted by Gasteiger charge is -2.18. The topological polar surface area (TPSA) is 63.6 Å². The van der Waals surface area contributed by atoms with Gasteiger partial charge in [-0.3, -0.25) is 4.55 Å². The lowest BCUT2D eigenvalue weighted by Crippen LogP contribution is -2.23. The van der Waals surface area contributed by atoms with Crippen LogP contribution in [0, 0.1) is 5.92 Å². The van der Waals surface area contributed by atoms with Crippen LogP contribution in [0.3, 0.4) is 0 Å². The summed E-state index contributed by atoms with van der Waals surface area (Å²) in [5.74, 6) is 0.0889. The summed E-state index contributed by atoms with van der Waals surface area (Å²) >= 11 is 0. The largest absolute Gasteiger partial charge is 0.397 e. The summed E-state index contributed by atoms with van der Waals surface area (Å²) < 4.78 is 34.9. The SMILES string of the molecule is CCCCCCCCCCCC(OS(=O)(=O)O)C(C)C. The highest BCUT2D eigenvalue weighted by atomic mass is 32.3. The Morgan fingerprint density at radius 1 is 0.900 bits per heavy atom. The summed E-state index contributed by atoms with van der Waals surface area (Å²) in [6, 6.07) is 0. The maximum Gasteiger partial charge on any atom is 0.397 e. The molecule has 0 aliphatic rings. The van der Waals surface area contributed by atoms with Crippen molar-refractivity contribution in [1.29, 1.82) is 0 Å². The Balaban J connectivity index is 3.60. The van der Waals surface area contributed by atoms with Gasteiger partial charge in [-0.25, -0.2) is 4.18 Å². The van der Waals surface area contributed by atoms with E-state index in [4.69, 9.17) is 8.74 Å². The number of hydrogen-bond donors (Lipinski definition) is 1. The van der Waals surface area contributed by atoms with E-state index < -0.39 is 16.5 Å². The highest BCUT2D eigenvalue weighted by Gasteiger charge is 2.20. The fourth-order valence-electron chi connectivity index (χ4n) is 2.30. The molecule has 0 radical (unpaired) electrons. The van der Waals surface area contributed by atoms with Crippen LogP contribution in [-0.4, -0.2) is 19.1 Å². The molecule has 0 heterocycles. The molecule has 0 aliphatic carbocycles. The van der Waals surface area contributed by atoms with Gasteiger partial charge in [0.05, 0.1) is 6.10 Å². The molecule has 4 nitrogen and oxygen atoms in total. The van der Waals surface area contributed by atoms with Crippen molar-refractivity contribution in [2.45, 2.75) is 91.1 Å². The smallest absolute Gasteiger partial charge is 0.264 e. The van der Waals surface area contributed by atoms with Crippen LogP contribution in [0.25, 0.3) is 0 Å². The monoisotopic (exact) mass is 308 g/mol. The Morgan fingerprint density at radius 3 is 1.75 bits per heavy atom. The summed E-state index contributed by atoms with van der Waals surface area (Å²) in [5, 5.41) is 0. The lowest BCUT2D eigenvalue weighted by molar-refractivity contribution is 0.127. The first-order chi connectivity index (χ1) is 9.37. The summed E-state index contributed by atoms with van der Waals surface area (Å²) in [5.41, 5.74) is 0. The number of unbranched alkanes of at least 4 members (excludes halogenated alkanes) is 8. The second-order valence-corrected chi connectivity index (χ2v) is 6.97. The van der Waals surface area contributed by atoms with Gasteiger partial charge in [0.1, 0.15) is 0 Å². The first kappa shape index (κ1) is 19.9. The van der Waals surface area contributed by atoms with Gasteiger partial charge in [0.15, 0.2) is 0 Å². The molecule has 0 saturated heterocycles. The van der Waals surface area contributed by atoms with Crippen LogP contribution in [-0.2, 0) is 14.6 Å². The molecule has 5 heteroatoms. The van der Waals surface area contributed by atoms with Crippen LogP contribution in [0.5, 0.6) is 0 Å². The van der Waals surface area contributed by atoms with Gasteiger partial charge < -0.3 is 0 Å². The van der Waals surface area contributed by atoms with E-state index in [1.165, 1.54) is 44.9 Å². The second-order valence-electron chi connectivity index (χ2n) is 5.92. The van der Waals surface area contributed by atoms with E-state index in [1.807, 2.05) is 13.8 Å². The quantitative estimate of drug-likeness (QED) is 0.394. The minimum atomic E-state index is -4.33. The Labute approximate surface area is 125 Å². The van der Waals surface area contributed by atoms with Gasteiger partial charge in [0.25, 0.3) is 0 Å². The average Bonchev–Trinajstić information content (AvgIpc) is 2.33. The van der Waals surface area contributed by atoms with E-state index in [9.17, 15) is 8.42 Å². The molecule has 1 N–H and O–H groups in total. The minimum absolute atomic E-state index is 0.0889. The highest BCUT2D eigenvalue weighted by molar-refractivity contribution is 7.80. The van der Waals surface area contributed by atoms with E-state index in [2.05, 4.69) is 6.92 Å². The van der Waals surface area contributed by atoms with Crippen molar-refractivity contribution in [2.75, 3.05) is 0 Å². The Hall–Kier alpha value is -0.130. The normalized spacial score (nSPS) is 13.8. The van der Waals surface area contributed by atoms with E-state index in [0.717, 1.165) is 12.8 Å². The third-order valence-electron chi connectivity index (χ3n) is 3.58. The zero-order valence-electron chi connectivity index (χ0n) is 13.3. The molecule has 0 amide bonds. The predicted octanol–water partition coefficient (Wildman–Crippen LogP) is 4.75. The zero-order valence-corrected chi connectivity index (χ0v) is 14.1. The first-order valence-corrected chi connectivity index (χ1v) is 9.39. The predicted molar refractivity (Wildman–Crippen MR) is 83.1 cm³/mol. The molecule has 20 heavy (non-hydrogen) atoms. The second kappa shape index (κ2) is 11.5. The highest BCUT2D eigenvalue weighted by Crippen LogP contribution is 2.18. The van der Waals surface area contributed by atoms with Crippen molar-refractivity contribution < 1.29 is 17.2 Å². The zero-order chi connectivity index (χ0) is 15.4. The Kier molecular flexibility index (Phi) is 11.4. The van der Waals surface area contributed by atoms with Crippen molar-refractivity contribution in [1.82, 2.24) is 0 Å². The molecule has 0 bridgehead atoms. The molecule has 0 aromatic heterocycles. The van der Waals surface area contributed by atoms with Crippen LogP contribution in [0.1, 0.15) is 85.0 Å². The summed E-state index contributed by atoms with van der Waals surface area (Å²) in [6.07, 6.45) is 11.4. The molecule has 0 saturated carbocycles. The molecule has 0 aliphatic heterocycles. The first-order valence-electron chi connectivity index (χ1n) is 8.02. The van der Waals surface area contributed by atoms with Crippen molar-refractivity contribution in [3.63, 3.8) is 0 Å². The molecule has 1 unspecified atom stereocenters. The van der Waals surface area contributed by atoms with E-state index in [-0.39, 0.29) is 5.92 Å². The average molecular weight is 308 g/mol. The Bertz CT molecular complexity index is 312. The van der Waals surface area contributed by atoms with Gasteiger partial charge in [-0.15, -0.1) is 0 Å². The molecular weight excluding hydrogens is 276 g/mol. The van der Waals surface area contributed by atoms with Crippen LogP contribution in [0.4, 0.5) is 0 Å². The third-order valence-corrected chi connectivity index (χ3v) is 4.07. The number of rotatable bonds is 13.